The summed E-state index contributed by atoms with van der Waals surface area (Å²) in [6, 6.07) is 10.2. The number of aryl methyl sites for hydroxylation is 2. The number of nitrogens with one attached hydrogen (secondary N) is 1. The van der Waals surface area contributed by atoms with Gasteiger partial charge < -0.3 is 0 Å². The van der Waals surface area contributed by atoms with Gasteiger partial charge in [0.2, 0.25) is 0 Å². The van der Waals surface area contributed by atoms with Gasteiger partial charge in [0.15, 0.2) is 5.65 Å². The van der Waals surface area contributed by atoms with Crippen molar-refractivity contribution >= 4 is 5.65 Å². The summed E-state index contributed by atoms with van der Waals surface area (Å²) in [5.74, 6) is 0. The average Bonchev–Trinajstić information content (AvgIpc) is 3.12. The molecule has 2 aromatic heterocycles. The molecule has 4 heteroatoms. The fraction of sp³-hybridized carbons (Fsp3) is 0.294. The Morgan fingerprint density at radius 1 is 1.24 bits per heavy atom. The van der Waals surface area contributed by atoms with E-state index in [1.165, 1.54) is 0 Å². The zero-order valence-corrected chi connectivity index (χ0v) is 12.0. The molecule has 0 radical (unpaired) electrons. The molecule has 2 heterocycles. The van der Waals surface area contributed by atoms with Crippen molar-refractivity contribution in [3.05, 3.63) is 57.6 Å². The zero-order valence-electron chi connectivity index (χ0n) is 12.0. The lowest BCUT2D eigenvalue weighted by Crippen LogP contribution is -2.20. The first-order valence-electron chi connectivity index (χ1n) is 7.50. The third-order valence-corrected chi connectivity index (χ3v) is 4.29. The second-order valence-electron chi connectivity index (χ2n) is 5.54. The van der Waals surface area contributed by atoms with E-state index in [0.717, 1.165) is 59.4 Å². The number of aromatic nitrogens is 3. The largest absolute Gasteiger partial charge is 0.293 e. The van der Waals surface area contributed by atoms with Gasteiger partial charge in [0, 0.05) is 16.8 Å². The van der Waals surface area contributed by atoms with E-state index in [2.05, 4.69) is 24.2 Å². The topological polar surface area (TPSA) is 50.2 Å². The van der Waals surface area contributed by atoms with Gasteiger partial charge in [-0.15, -0.1) is 0 Å². The predicted molar refractivity (Wildman–Crippen MR) is 82.7 cm³/mol. The summed E-state index contributed by atoms with van der Waals surface area (Å²) in [6.07, 6.45) is 3.65. The number of H-pyrrole nitrogens is 1. The maximum Gasteiger partial charge on any atom is 0.276 e. The molecule has 0 atom stereocenters. The fourth-order valence-corrected chi connectivity index (χ4v) is 3.25. The minimum atomic E-state index is 0.0735. The van der Waals surface area contributed by atoms with Gasteiger partial charge in [-0.25, -0.2) is 9.50 Å². The molecular formula is C17H17N3O. The molecule has 4 rings (SSSR count). The van der Waals surface area contributed by atoms with E-state index in [1.807, 2.05) is 18.2 Å². The molecule has 1 aliphatic rings. The van der Waals surface area contributed by atoms with Crippen molar-refractivity contribution in [1.29, 1.82) is 0 Å². The van der Waals surface area contributed by atoms with Crippen molar-refractivity contribution in [3.63, 3.8) is 0 Å². The smallest absolute Gasteiger partial charge is 0.276 e. The quantitative estimate of drug-likeness (QED) is 0.784. The van der Waals surface area contributed by atoms with Crippen molar-refractivity contribution in [3.8, 4) is 11.1 Å². The summed E-state index contributed by atoms with van der Waals surface area (Å²) in [5.41, 5.74) is 5.94. The van der Waals surface area contributed by atoms with Crippen LogP contribution >= 0.6 is 0 Å². The third-order valence-electron chi connectivity index (χ3n) is 4.29. The fourth-order valence-electron chi connectivity index (χ4n) is 3.25. The van der Waals surface area contributed by atoms with E-state index in [-0.39, 0.29) is 5.56 Å². The van der Waals surface area contributed by atoms with Crippen LogP contribution in [-0.2, 0) is 19.3 Å². The molecule has 0 fully saturated rings. The Bertz CT molecular complexity index is 874. The Morgan fingerprint density at radius 3 is 2.81 bits per heavy atom. The van der Waals surface area contributed by atoms with E-state index in [4.69, 9.17) is 4.98 Å². The first-order chi connectivity index (χ1) is 10.3. The highest BCUT2D eigenvalue weighted by atomic mass is 16.1. The Balaban J connectivity index is 2.10. The minimum absolute atomic E-state index is 0.0735. The summed E-state index contributed by atoms with van der Waals surface area (Å²) in [5, 5.41) is 3.25. The van der Waals surface area contributed by atoms with Crippen LogP contribution < -0.4 is 5.56 Å². The van der Waals surface area contributed by atoms with Crippen LogP contribution in [-0.4, -0.2) is 14.6 Å². The van der Waals surface area contributed by atoms with Crippen LogP contribution in [0.25, 0.3) is 16.8 Å². The van der Waals surface area contributed by atoms with Gasteiger partial charge in [0.05, 0.1) is 5.69 Å². The van der Waals surface area contributed by atoms with Gasteiger partial charge >= 0.3 is 0 Å². The highest BCUT2D eigenvalue weighted by Gasteiger charge is 2.22. The van der Waals surface area contributed by atoms with Crippen molar-refractivity contribution in [2.45, 2.75) is 32.6 Å². The van der Waals surface area contributed by atoms with Crippen molar-refractivity contribution in [2.24, 2.45) is 0 Å². The Labute approximate surface area is 122 Å². The van der Waals surface area contributed by atoms with Crippen LogP contribution in [0.3, 0.4) is 0 Å². The van der Waals surface area contributed by atoms with Crippen LogP contribution in [0, 0.1) is 0 Å². The lowest BCUT2D eigenvalue weighted by molar-refractivity contribution is 0.839. The monoisotopic (exact) mass is 279 g/mol. The molecule has 1 N–H and O–H groups in total. The molecule has 0 unspecified atom stereocenters. The number of rotatable bonds is 2. The van der Waals surface area contributed by atoms with E-state index in [9.17, 15) is 4.79 Å². The van der Waals surface area contributed by atoms with Crippen molar-refractivity contribution < 1.29 is 0 Å². The van der Waals surface area contributed by atoms with Gasteiger partial charge in [-0.2, -0.15) is 0 Å². The average molecular weight is 279 g/mol. The predicted octanol–water partition coefficient (Wildman–Crippen LogP) is 2.74. The maximum absolute atomic E-state index is 12.6. The molecule has 0 saturated heterocycles. The summed E-state index contributed by atoms with van der Waals surface area (Å²) in [4.78, 5) is 17.4. The molecule has 0 bridgehead atoms. The summed E-state index contributed by atoms with van der Waals surface area (Å²) >= 11 is 0. The number of benzene rings is 1. The maximum atomic E-state index is 12.6. The van der Waals surface area contributed by atoms with E-state index >= 15 is 0 Å². The van der Waals surface area contributed by atoms with Crippen LogP contribution in [0.5, 0.6) is 0 Å². The summed E-state index contributed by atoms with van der Waals surface area (Å²) < 4.78 is 1.63. The third kappa shape index (κ3) is 1.75. The van der Waals surface area contributed by atoms with Gasteiger partial charge in [0.1, 0.15) is 0 Å². The molecule has 21 heavy (non-hydrogen) atoms. The molecule has 0 amide bonds. The number of fused-ring (bicyclic) bond motifs is 2. The minimum Gasteiger partial charge on any atom is -0.293 e. The molecule has 1 aromatic carbocycles. The first kappa shape index (κ1) is 12.4. The lowest BCUT2D eigenvalue weighted by atomic mass is 10.0. The van der Waals surface area contributed by atoms with E-state index < -0.39 is 0 Å². The van der Waals surface area contributed by atoms with Crippen LogP contribution in [0.1, 0.15) is 30.3 Å². The first-order valence-corrected chi connectivity index (χ1v) is 7.50. The number of hydrogen-bond donors (Lipinski definition) is 1. The molecule has 106 valence electrons. The number of aromatic amines is 1. The second-order valence-corrected chi connectivity index (χ2v) is 5.54. The molecule has 0 saturated carbocycles. The second kappa shape index (κ2) is 4.58. The standard InChI is InChI=1S/C17H17N3O/c1-2-13-15(11-7-4-3-5-8-11)16-18-14-10-6-9-12(14)17(21)20(16)19-13/h3-5,7-8,19H,2,6,9-10H2,1H3. The summed E-state index contributed by atoms with van der Waals surface area (Å²) in [6.45, 7) is 2.09. The Morgan fingerprint density at radius 2 is 2.05 bits per heavy atom. The molecular weight excluding hydrogens is 262 g/mol. The van der Waals surface area contributed by atoms with Gasteiger partial charge in [-0.1, -0.05) is 37.3 Å². The van der Waals surface area contributed by atoms with Crippen molar-refractivity contribution in [2.75, 3.05) is 0 Å². The SMILES string of the molecule is CCc1[nH]n2c(=O)c3c(nc2c1-c1ccccc1)CCC3. The van der Waals surface area contributed by atoms with Crippen LogP contribution in [0.15, 0.2) is 35.1 Å². The number of hydrogen-bond acceptors (Lipinski definition) is 2. The highest BCUT2D eigenvalue weighted by molar-refractivity contribution is 5.80. The molecule has 4 nitrogen and oxygen atoms in total. The van der Waals surface area contributed by atoms with E-state index in [1.54, 1.807) is 4.52 Å². The zero-order chi connectivity index (χ0) is 14.4. The van der Waals surface area contributed by atoms with Gasteiger partial charge in [-0.05, 0) is 31.2 Å². The van der Waals surface area contributed by atoms with Crippen LogP contribution in [0.2, 0.25) is 0 Å². The molecule has 3 aromatic rings. The molecule has 0 aliphatic heterocycles. The summed E-state index contributed by atoms with van der Waals surface area (Å²) in [7, 11) is 0. The normalized spacial score (nSPS) is 13.8. The van der Waals surface area contributed by atoms with Gasteiger partial charge in [-0.3, -0.25) is 9.89 Å². The number of nitrogens with zero attached hydrogens (tertiary/aromatic N) is 2. The highest BCUT2D eigenvalue weighted by Crippen LogP contribution is 2.28. The van der Waals surface area contributed by atoms with Crippen molar-refractivity contribution in [1.82, 2.24) is 14.6 Å². The Hall–Kier alpha value is -2.36. The lowest BCUT2D eigenvalue weighted by Gasteiger charge is -2.03. The van der Waals surface area contributed by atoms with Gasteiger partial charge in [0.25, 0.3) is 5.56 Å². The Kier molecular flexibility index (Phi) is 2.70. The molecule has 0 spiro atoms. The van der Waals surface area contributed by atoms with E-state index in [0.29, 0.717) is 0 Å². The molecule has 1 aliphatic carbocycles. The van der Waals surface area contributed by atoms with Crippen LogP contribution in [0.4, 0.5) is 0 Å².